The van der Waals surface area contributed by atoms with E-state index in [4.69, 9.17) is 14.2 Å². The maximum Gasteiger partial charge on any atom is 0.309 e. The van der Waals surface area contributed by atoms with Crippen LogP contribution in [0.1, 0.15) is 48.1 Å². The van der Waals surface area contributed by atoms with E-state index in [0.717, 1.165) is 35.2 Å². The smallest absolute Gasteiger partial charge is 0.309 e. The summed E-state index contributed by atoms with van der Waals surface area (Å²) in [7, 11) is 1.44. The molecule has 0 aromatic heterocycles. The largest absolute Gasteiger partial charge is 0.497 e. The number of fused-ring (bicyclic) bond motifs is 1. The van der Waals surface area contributed by atoms with Crippen molar-refractivity contribution < 1.29 is 33.3 Å². The van der Waals surface area contributed by atoms with Gasteiger partial charge in [-0.05, 0) is 47.7 Å². The molecule has 0 bridgehead atoms. The Morgan fingerprint density at radius 1 is 1.02 bits per heavy atom. The zero-order valence-electron chi connectivity index (χ0n) is 23.5. The van der Waals surface area contributed by atoms with Crippen LogP contribution in [0.15, 0.2) is 54.6 Å². The SMILES string of the molecule is CCc1cccc(CC)c1NC(=O)CN1C[C@H](c2ccc3c(c2)OCCO3)[C@@H](C(=O)O)[C@@H]1c1ccc(OC)cc1F. The van der Waals surface area contributed by atoms with Crippen LogP contribution in [0.2, 0.25) is 0 Å². The van der Waals surface area contributed by atoms with Crippen molar-refractivity contribution in [1.82, 2.24) is 4.90 Å². The molecule has 2 heterocycles. The van der Waals surface area contributed by atoms with Gasteiger partial charge in [0.25, 0.3) is 0 Å². The standard InChI is InChI=1S/C32H35FN2O6/c1-4-19-7-6-8-20(5-2)30(19)34-28(36)18-35-17-24(21-9-12-26-27(15-21)41-14-13-40-26)29(32(37)38)31(35)23-11-10-22(39-3)16-25(23)33/h6-12,15-16,24,29,31H,4-5,13-14,17-18H2,1-3H3,(H,34,36)(H,37,38)/t24-,29-,31+/m1/s1. The van der Waals surface area contributed by atoms with Crippen molar-refractivity contribution >= 4 is 17.6 Å². The molecular weight excluding hydrogens is 527 g/mol. The summed E-state index contributed by atoms with van der Waals surface area (Å²) in [6.07, 6.45) is 1.50. The van der Waals surface area contributed by atoms with E-state index < -0.39 is 29.7 Å². The van der Waals surface area contributed by atoms with E-state index in [0.29, 0.717) is 30.5 Å². The van der Waals surface area contributed by atoms with Gasteiger partial charge in [-0.15, -0.1) is 0 Å². The summed E-state index contributed by atoms with van der Waals surface area (Å²) in [5, 5.41) is 13.6. The first-order chi connectivity index (χ1) is 19.8. The molecule has 0 aliphatic carbocycles. The first-order valence-electron chi connectivity index (χ1n) is 13.9. The van der Waals surface area contributed by atoms with Crippen LogP contribution in [0.4, 0.5) is 10.1 Å². The number of hydrogen-bond acceptors (Lipinski definition) is 6. The van der Waals surface area contributed by atoms with Crippen LogP contribution in [-0.4, -0.2) is 55.3 Å². The highest BCUT2D eigenvalue weighted by atomic mass is 19.1. The van der Waals surface area contributed by atoms with E-state index in [9.17, 15) is 14.7 Å². The number of carboxylic acid groups (broad SMARTS) is 1. The van der Waals surface area contributed by atoms with Gasteiger partial charge in [0.05, 0.1) is 25.6 Å². The van der Waals surface area contributed by atoms with Crippen LogP contribution < -0.4 is 19.5 Å². The molecule has 41 heavy (non-hydrogen) atoms. The number of benzene rings is 3. The zero-order valence-corrected chi connectivity index (χ0v) is 23.5. The second-order valence-corrected chi connectivity index (χ2v) is 10.3. The number of aryl methyl sites for hydroxylation is 2. The summed E-state index contributed by atoms with van der Waals surface area (Å²) < 4.78 is 32.1. The van der Waals surface area contributed by atoms with Crippen molar-refractivity contribution in [3.8, 4) is 17.2 Å². The van der Waals surface area contributed by atoms with E-state index in [1.54, 1.807) is 29.2 Å². The average molecular weight is 563 g/mol. The monoisotopic (exact) mass is 562 g/mol. The van der Waals surface area contributed by atoms with Gasteiger partial charge in [-0.3, -0.25) is 14.5 Å². The fourth-order valence-electron chi connectivity index (χ4n) is 6.03. The van der Waals surface area contributed by atoms with Gasteiger partial charge in [0.2, 0.25) is 5.91 Å². The highest BCUT2D eigenvalue weighted by Gasteiger charge is 2.49. The maximum atomic E-state index is 15.5. The Morgan fingerprint density at radius 3 is 2.37 bits per heavy atom. The Balaban J connectivity index is 1.52. The van der Waals surface area contributed by atoms with E-state index in [1.165, 1.54) is 13.2 Å². The fourth-order valence-corrected chi connectivity index (χ4v) is 6.03. The number of halogens is 1. The number of rotatable bonds is 9. The molecular formula is C32H35FN2O6. The molecule has 5 rings (SSSR count). The number of amides is 1. The minimum atomic E-state index is -1.07. The Labute approximate surface area is 239 Å². The van der Waals surface area contributed by atoms with Gasteiger partial charge in [-0.2, -0.15) is 0 Å². The van der Waals surface area contributed by atoms with Crippen molar-refractivity contribution in [3.63, 3.8) is 0 Å². The highest BCUT2D eigenvalue weighted by molar-refractivity contribution is 5.94. The first kappa shape index (κ1) is 28.4. The molecule has 216 valence electrons. The van der Waals surface area contributed by atoms with Crippen LogP contribution in [0.3, 0.4) is 0 Å². The predicted octanol–water partition coefficient (Wildman–Crippen LogP) is 5.21. The van der Waals surface area contributed by atoms with E-state index in [-0.39, 0.29) is 24.6 Å². The molecule has 0 radical (unpaired) electrons. The van der Waals surface area contributed by atoms with Gasteiger partial charge >= 0.3 is 5.97 Å². The van der Waals surface area contributed by atoms with Gasteiger partial charge in [0.1, 0.15) is 24.8 Å². The Bertz CT molecular complexity index is 1420. The lowest BCUT2D eigenvalue weighted by Crippen LogP contribution is -2.35. The van der Waals surface area contributed by atoms with E-state index >= 15 is 4.39 Å². The maximum absolute atomic E-state index is 15.5. The van der Waals surface area contributed by atoms with Gasteiger partial charge in [0, 0.05) is 29.8 Å². The third-order valence-electron chi connectivity index (χ3n) is 8.01. The number of aliphatic carboxylic acids is 1. The van der Waals surface area contributed by atoms with Crippen molar-refractivity contribution in [2.45, 2.75) is 38.6 Å². The molecule has 3 aromatic carbocycles. The molecule has 2 N–H and O–H groups in total. The molecule has 1 saturated heterocycles. The number of anilines is 1. The van der Waals surface area contributed by atoms with Crippen LogP contribution >= 0.6 is 0 Å². The Hall–Kier alpha value is -4.11. The van der Waals surface area contributed by atoms with E-state index in [1.807, 2.05) is 38.1 Å². The lowest BCUT2D eigenvalue weighted by atomic mass is 9.82. The average Bonchev–Trinajstić information content (AvgIpc) is 3.35. The van der Waals surface area contributed by atoms with Crippen molar-refractivity contribution in [3.05, 3.63) is 82.7 Å². The highest BCUT2D eigenvalue weighted by Crippen LogP contribution is 2.48. The Morgan fingerprint density at radius 2 is 1.73 bits per heavy atom. The number of carbonyl (C=O) groups is 2. The lowest BCUT2D eigenvalue weighted by Gasteiger charge is -2.27. The number of carboxylic acids is 1. The third-order valence-corrected chi connectivity index (χ3v) is 8.01. The van der Waals surface area contributed by atoms with Crippen LogP contribution in [-0.2, 0) is 22.4 Å². The summed E-state index contributed by atoms with van der Waals surface area (Å²) >= 11 is 0. The number of likely N-dealkylation sites (tertiary alicyclic amines) is 1. The van der Waals surface area contributed by atoms with Gasteiger partial charge < -0.3 is 24.6 Å². The van der Waals surface area contributed by atoms with Crippen molar-refractivity contribution in [1.29, 1.82) is 0 Å². The Kier molecular flexibility index (Phi) is 8.44. The van der Waals surface area contributed by atoms with Crippen LogP contribution in [0.5, 0.6) is 17.2 Å². The molecule has 8 nitrogen and oxygen atoms in total. The number of nitrogens with zero attached hydrogens (tertiary/aromatic N) is 1. The lowest BCUT2D eigenvalue weighted by molar-refractivity contribution is -0.143. The van der Waals surface area contributed by atoms with Crippen molar-refractivity contribution in [2.75, 3.05) is 38.7 Å². The molecule has 0 saturated carbocycles. The van der Waals surface area contributed by atoms with Gasteiger partial charge in [-0.1, -0.05) is 44.2 Å². The second kappa shape index (κ2) is 12.2. The first-order valence-corrected chi connectivity index (χ1v) is 13.9. The summed E-state index contributed by atoms with van der Waals surface area (Å²) in [4.78, 5) is 28.1. The zero-order chi connectivity index (χ0) is 29.1. The van der Waals surface area contributed by atoms with Crippen molar-refractivity contribution in [2.24, 2.45) is 5.92 Å². The minimum Gasteiger partial charge on any atom is -0.497 e. The summed E-state index contributed by atoms with van der Waals surface area (Å²) in [6.45, 7) is 5.02. The molecule has 2 aliphatic heterocycles. The number of hydrogen-bond donors (Lipinski definition) is 2. The second-order valence-electron chi connectivity index (χ2n) is 10.3. The fraction of sp³-hybridized carbons (Fsp3) is 0.375. The molecule has 2 aliphatic rings. The van der Waals surface area contributed by atoms with Gasteiger partial charge in [0.15, 0.2) is 11.5 Å². The minimum absolute atomic E-state index is 0.109. The molecule has 1 amide bonds. The molecule has 3 atom stereocenters. The molecule has 9 heteroatoms. The molecule has 1 fully saturated rings. The number of ether oxygens (including phenoxy) is 3. The predicted molar refractivity (Wildman–Crippen MR) is 152 cm³/mol. The molecule has 0 unspecified atom stereocenters. The number of para-hydroxylation sites is 1. The van der Waals surface area contributed by atoms with E-state index in [2.05, 4.69) is 5.32 Å². The van der Waals surface area contributed by atoms with Crippen LogP contribution in [0.25, 0.3) is 0 Å². The molecule has 3 aromatic rings. The summed E-state index contributed by atoms with van der Waals surface area (Å²) in [5.74, 6) is -2.03. The third kappa shape index (κ3) is 5.72. The number of nitrogens with one attached hydrogen (secondary N) is 1. The quantitative estimate of drug-likeness (QED) is 0.370. The normalized spacial score (nSPS) is 20.0. The summed E-state index contributed by atoms with van der Waals surface area (Å²) in [6, 6.07) is 14.8. The molecule has 0 spiro atoms. The van der Waals surface area contributed by atoms with Gasteiger partial charge in [-0.25, -0.2) is 4.39 Å². The summed E-state index contributed by atoms with van der Waals surface area (Å²) in [5.41, 5.74) is 3.76. The van der Waals surface area contributed by atoms with Crippen LogP contribution in [0, 0.1) is 11.7 Å². The topological polar surface area (TPSA) is 97.3 Å². The number of methoxy groups -OCH3 is 1. The number of carbonyl (C=O) groups excluding carboxylic acids is 1.